The minimum absolute atomic E-state index is 0.225. The first-order valence-corrected chi connectivity index (χ1v) is 5.48. The molecule has 0 aliphatic heterocycles. The molecule has 1 N–H and O–H groups in total. The van der Waals surface area contributed by atoms with E-state index >= 15 is 0 Å². The highest BCUT2D eigenvalue weighted by molar-refractivity contribution is 7.67. The second kappa shape index (κ2) is 3.40. The van der Waals surface area contributed by atoms with E-state index in [0.717, 1.165) is 0 Å². The quantitative estimate of drug-likeness (QED) is 0.570. The van der Waals surface area contributed by atoms with Crippen molar-refractivity contribution >= 4 is 24.3 Å². The number of alkyl halides is 1. The molecule has 0 radical (unpaired) electrons. The lowest BCUT2D eigenvalue weighted by Gasteiger charge is -2.06. The highest BCUT2D eigenvalue weighted by Gasteiger charge is 2.18. The van der Waals surface area contributed by atoms with Crippen molar-refractivity contribution in [2.45, 2.75) is 0 Å². The Morgan fingerprint density at radius 1 is 1.36 bits per heavy atom. The van der Waals surface area contributed by atoms with Crippen LogP contribution in [0.1, 0.15) is 0 Å². The molecule has 0 aliphatic carbocycles. The van der Waals surface area contributed by atoms with Crippen molar-refractivity contribution in [2.24, 2.45) is 0 Å². The van der Waals surface area contributed by atoms with Crippen molar-refractivity contribution in [3.05, 3.63) is 30.3 Å². The van der Waals surface area contributed by atoms with Gasteiger partial charge in [-0.2, -0.15) is 0 Å². The molecule has 1 unspecified atom stereocenters. The molecule has 1 rings (SSSR count). The van der Waals surface area contributed by atoms with Gasteiger partial charge in [0.2, 0.25) is 7.37 Å². The SMILES string of the molecule is O=P(O)(CCl)c1ccccc1. The molecule has 0 saturated carbocycles. The van der Waals surface area contributed by atoms with Crippen LogP contribution in [0.15, 0.2) is 30.3 Å². The Balaban J connectivity index is 3.03. The molecule has 2 nitrogen and oxygen atoms in total. The van der Waals surface area contributed by atoms with Gasteiger partial charge in [-0.05, 0) is 12.1 Å². The van der Waals surface area contributed by atoms with Crippen LogP contribution < -0.4 is 5.30 Å². The molecule has 1 atom stereocenters. The van der Waals surface area contributed by atoms with Crippen molar-refractivity contribution in [2.75, 3.05) is 5.62 Å². The van der Waals surface area contributed by atoms with E-state index in [1.807, 2.05) is 0 Å². The van der Waals surface area contributed by atoms with Gasteiger partial charge in [0.25, 0.3) is 0 Å². The van der Waals surface area contributed by atoms with E-state index in [-0.39, 0.29) is 5.62 Å². The molecule has 0 amide bonds. The third-order valence-electron chi connectivity index (χ3n) is 1.32. The third kappa shape index (κ3) is 2.06. The average molecular weight is 191 g/mol. The minimum atomic E-state index is -3.26. The first kappa shape index (κ1) is 8.79. The van der Waals surface area contributed by atoms with Crippen LogP contribution in [0.5, 0.6) is 0 Å². The van der Waals surface area contributed by atoms with Crippen molar-refractivity contribution < 1.29 is 9.46 Å². The zero-order valence-electron chi connectivity index (χ0n) is 5.77. The lowest BCUT2D eigenvalue weighted by Crippen LogP contribution is -2.03. The summed E-state index contributed by atoms with van der Waals surface area (Å²) in [5.74, 6) is 0. The van der Waals surface area contributed by atoms with Crippen LogP contribution >= 0.6 is 19.0 Å². The maximum atomic E-state index is 11.2. The lowest BCUT2D eigenvalue weighted by atomic mass is 10.4. The standard InChI is InChI=1S/C7H8ClO2P/c8-6-11(9,10)7-4-2-1-3-5-7/h1-5H,6H2,(H,9,10). The van der Waals surface area contributed by atoms with Gasteiger partial charge in [-0.3, -0.25) is 4.57 Å². The predicted molar refractivity (Wildman–Crippen MR) is 46.6 cm³/mol. The van der Waals surface area contributed by atoms with Gasteiger partial charge in [0.15, 0.2) is 0 Å². The topological polar surface area (TPSA) is 37.3 Å². The molecule has 0 fully saturated rings. The summed E-state index contributed by atoms with van der Waals surface area (Å²) in [4.78, 5) is 9.22. The zero-order chi connectivity index (χ0) is 8.32. The maximum Gasteiger partial charge on any atom is 0.243 e. The van der Waals surface area contributed by atoms with E-state index in [1.54, 1.807) is 30.3 Å². The Bertz CT molecular complexity index is 273. The van der Waals surface area contributed by atoms with Gasteiger partial charge < -0.3 is 4.89 Å². The van der Waals surface area contributed by atoms with E-state index in [9.17, 15) is 9.46 Å². The van der Waals surface area contributed by atoms with E-state index < -0.39 is 7.37 Å². The number of benzene rings is 1. The Kier molecular flexibility index (Phi) is 2.72. The largest absolute Gasteiger partial charge is 0.340 e. The van der Waals surface area contributed by atoms with Crippen molar-refractivity contribution in [3.63, 3.8) is 0 Å². The number of halogens is 1. The molecule has 0 heterocycles. The van der Waals surface area contributed by atoms with Gasteiger partial charge in [0.1, 0.15) is 5.62 Å². The fourth-order valence-electron chi connectivity index (χ4n) is 0.730. The van der Waals surface area contributed by atoms with Crippen LogP contribution in [0, 0.1) is 0 Å². The molecular formula is C7H8ClO2P. The van der Waals surface area contributed by atoms with E-state index in [4.69, 9.17) is 11.6 Å². The normalized spacial score (nSPS) is 15.8. The van der Waals surface area contributed by atoms with Crippen molar-refractivity contribution in [3.8, 4) is 0 Å². The number of hydrogen-bond acceptors (Lipinski definition) is 1. The number of rotatable bonds is 2. The summed E-state index contributed by atoms with van der Waals surface area (Å²) in [6.07, 6.45) is 0. The van der Waals surface area contributed by atoms with Gasteiger partial charge in [0, 0.05) is 5.30 Å². The summed E-state index contributed by atoms with van der Waals surface area (Å²) in [5, 5.41) is 0.412. The fourth-order valence-corrected chi connectivity index (χ4v) is 1.92. The molecule has 0 aromatic heterocycles. The average Bonchev–Trinajstić information content (AvgIpc) is 2.06. The molecule has 1 aromatic carbocycles. The van der Waals surface area contributed by atoms with Gasteiger partial charge in [-0.25, -0.2) is 0 Å². The van der Waals surface area contributed by atoms with Gasteiger partial charge in [0.05, 0.1) is 0 Å². The van der Waals surface area contributed by atoms with Crippen LogP contribution in [-0.2, 0) is 4.57 Å². The highest BCUT2D eigenvalue weighted by atomic mass is 35.5. The second-order valence-electron chi connectivity index (χ2n) is 2.16. The first-order chi connectivity index (χ1) is 5.17. The molecule has 60 valence electrons. The Morgan fingerprint density at radius 3 is 2.36 bits per heavy atom. The number of hydrogen-bond donors (Lipinski definition) is 1. The van der Waals surface area contributed by atoms with Gasteiger partial charge in [-0.15, -0.1) is 11.6 Å². The van der Waals surface area contributed by atoms with Crippen LogP contribution in [0.3, 0.4) is 0 Å². The Hall–Kier alpha value is -0.300. The highest BCUT2D eigenvalue weighted by Crippen LogP contribution is 2.39. The first-order valence-electron chi connectivity index (χ1n) is 3.10. The molecule has 0 aliphatic rings. The molecule has 4 heteroatoms. The van der Waals surface area contributed by atoms with Crippen molar-refractivity contribution in [1.82, 2.24) is 0 Å². The van der Waals surface area contributed by atoms with Gasteiger partial charge in [-0.1, -0.05) is 18.2 Å². The minimum Gasteiger partial charge on any atom is -0.340 e. The van der Waals surface area contributed by atoms with Crippen LogP contribution in [-0.4, -0.2) is 10.5 Å². The summed E-state index contributed by atoms with van der Waals surface area (Å²) in [5.41, 5.74) is -0.225. The molecule has 11 heavy (non-hydrogen) atoms. The summed E-state index contributed by atoms with van der Waals surface area (Å²) >= 11 is 5.31. The molecule has 0 spiro atoms. The summed E-state index contributed by atoms with van der Waals surface area (Å²) in [6.45, 7) is 0. The van der Waals surface area contributed by atoms with Crippen molar-refractivity contribution in [1.29, 1.82) is 0 Å². The van der Waals surface area contributed by atoms with Gasteiger partial charge >= 0.3 is 0 Å². The smallest absolute Gasteiger partial charge is 0.243 e. The van der Waals surface area contributed by atoms with E-state index in [2.05, 4.69) is 0 Å². The lowest BCUT2D eigenvalue weighted by molar-refractivity contribution is 0.495. The van der Waals surface area contributed by atoms with E-state index in [1.165, 1.54) is 0 Å². The third-order valence-corrected chi connectivity index (χ3v) is 3.72. The Labute approximate surface area is 70.3 Å². The molecule has 0 bridgehead atoms. The molecule has 0 saturated heterocycles. The van der Waals surface area contributed by atoms with E-state index in [0.29, 0.717) is 5.30 Å². The summed E-state index contributed by atoms with van der Waals surface area (Å²) in [6, 6.07) is 8.42. The summed E-state index contributed by atoms with van der Waals surface area (Å²) in [7, 11) is -3.26. The maximum absolute atomic E-state index is 11.2. The van der Waals surface area contributed by atoms with Crippen LogP contribution in [0.25, 0.3) is 0 Å². The van der Waals surface area contributed by atoms with Crippen LogP contribution in [0.2, 0.25) is 0 Å². The summed E-state index contributed by atoms with van der Waals surface area (Å²) < 4.78 is 11.2. The molecular weight excluding hydrogens is 183 g/mol. The Morgan fingerprint density at radius 2 is 1.91 bits per heavy atom. The monoisotopic (exact) mass is 190 g/mol. The second-order valence-corrected chi connectivity index (χ2v) is 5.03. The van der Waals surface area contributed by atoms with Crippen LogP contribution in [0.4, 0.5) is 0 Å². The zero-order valence-corrected chi connectivity index (χ0v) is 7.42. The predicted octanol–water partition coefficient (Wildman–Crippen LogP) is 1.78. The molecule has 1 aromatic rings. The fraction of sp³-hybridized carbons (Fsp3) is 0.143.